The first-order valence-corrected chi connectivity index (χ1v) is 9.39. The molecule has 1 aliphatic rings. The van der Waals surface area contributed by atoms with Gasteiger partial charge in [-0.3, -0.25) is 9.36 Å². The molecule has 1 aliphatic carbocycles. The van der Waals surface area contributed by atoms with Gasteiger partial charge in [0.2, 0.25) is 0 Å². The summed E-state index contributed by atoms with van der Waals surface area (Å²) >= 11 is 1.68. The summed E-state index contributed by atoms with van der Waals surface area (Å²) in [6.45, 7) is 4.53. The predicted molar refractivity (Wildman–Crippen MR) is 100 cm³/mol. The number of aryl methyl sites for hydroxylation is 2. The van der Waals surface area contributed by atoms with E-state index < -0.39 is 0 Å². The lowest BCUT2D eigenvalue weighted by atomic mass is 9.89. The van der Waals surface area contributed by atoms with Gasteiger partial charge in [0, 0.05) is 4.88 Å². The van der Waals surface area contributed by atoms with Gasteiger partial charge in [0.1, 0.15) is 10.7 Å². The molecule has 0 N–H and O–H groups in total. The maximum Gasteiger partial charge on any atom is 0.262 e. The van der Waals surface area contributed by atoms with E-state index in [9.17, 15) is 10.1 Å². The first-order chi connectivity index (χ1) is 12.1. The highest BCUT2D eigenvalue weighted by Gasteiger charge is 2.24. The maximum absolute atomic E-state index is 13.2. The molecule has 0 fully saturated rings. The zero-order valence-electron chi connectivity index (χ0n) is 14.4. The average Bonchev–Trinajstić information content (AvgIpc) is 2.95. The molecule has 0 bridgehead atoms. The fourth-order valence-corrected chi connectivity index (χ4v) is 5.07. The van der Waals surface area contributed by atoms with E-state index in [2.05, 4.69) is 13.0 Å². The van der Waals surface area contributed by atoms with Gasteiger partial charge in [0.25, 0.3) is 5.56 Å². The van der Waals surface area contributed by atoms with Crippen LogP contribution in [0.15, 0.2) is 29.1 Å². The minimum absolute atomic E-state index is 0.0299. The molecule has 5 heteroatoms. The van der Waals surface area contributed by atoms with Gasteiger partial charge in [-0.1, -0.05) is 25.1 Å². The summed E-state index contributed by atoms with van der Waals surface area (Å²) in [5.74, 6) is 1.38. The fourth-order valence-electron chi connectivity index (χ4n) is 3.65. The van der Waals surface area contributed by atoms with Gasteiger partial charge in [0.05, 0.1) is 23.6 Å². The van der Waals surface area contributed by atoms with Crippen molar-refractivity contribution in [1.82, 2.24) is 9.55 Å². The summed E-state index contributed by atoms with van der Waals surface area (Å²) in [6.07, 6.45) is 3.14. The minimum Gasteiger partial charge on any atom is -0.292 e. The van der Waals surface area contributed by atoms with E-state index in [4.69, 9.17) is 4.98 Å². The Morgan fingerprint density at radius 1 is 1.40 bits per heavy atom. The third kappa shape index (κ3) is 2.67. The quantitative estimate of drug-likeness (QED) is 0.707. The van der Waals surface area contributed by atoms with E-state index in [1.165, 1.54) is 10.4 Å². The zero-order valence-corrected chi connectivity index (χ0v) is 15.2. The Labute approximate surface area is 150 Å². The number of benzene rings is 1. The number of nitriles is 1. The van der Waals surface area contributed by atoms with Crippen molar-refractivity contribution < 1.29 is 0 Å². The maximum atomic E-state index is 13.2. The van der Waals surface area contributed by atoms with Crippen LogP contribution in [0.2, 0.25) is 0 Å². The summed E-state index contributed by atoms with van der Waals surface area (Å²) in [5, 5.41) is 10.1. The standard InChI is InChI=1S/C20H19N3OS/c1-12-7-8-16-17(9-12)25-19-18(16)20(24)23(13(2)22-19)11-15-6-4-3-5-14(15)10-21/h3-6,12H,7-9,11H2,1-2H3. The van der Waals surface area contributed by atoms with E-state index >= 15 is 0 Å². The summed E-state index contributed by atoms with van der Waals surface area (Å²) in [7, 11) is 0. The average molecular weight is 349 g/mol. The summed E-state index contributed by atoms with van der Waals surface area (Å²) in [5.41, 5.74) is 2.70. The van der Waals surface area contributed by atoms with E-state index in [0.717, 1.165) is 35.0 Å². The first-order valence-electron chi connectivity index (χ1n) is 8.58. The van der Waals surface area contributed by atoms with Crippen molar-refractivity contribution in [2.75, 3.05) is 0 Å². The van der Waals surface area contributed by atoms with Gasteiger partial charge in [-0.05, 0) is 49.3 Å². The third-order valence-electron chi connectivity index (χ3n) is 5.07. The molecule has 4 nitrogen and oxygen atoms in total. The van der Waals surface area contributed by atoms with Crippen LogP contribution in [0.1, 0.15) is 40.7 Å². The number of rotatable bonds is 2. The molecule has 0 saturated carbocycles. The summed E-state index contributed by atoms with van der Waals surface area (Å²) in [4.78, 5) is 20.1. The second-order valence-electron chi connectivity index (χ2n) is 6.85. The van der Waals surface area contributed by atoms with E-state index in [1.54, 1.807) is 22.0 Å². The van der Waals surface area contributed by atoms with Crippen LogP contribution in [0.3, 0.4) is 0 Å². The molecule has 1 unspecified atom stereocenters. The number of thiophene rings is 1. The van der Waals surface area contributed by atoms with Crippen molar-refractivity contribution in [3.63, 3.8) is 0 Å². The van der Waals surface area contributed by atoms with Gasteiger partial charge in [-0.2, -0.15) is 5.26 Å². The highest BCUT2D eigenvalue weighted by atomic mass is 32.1. The third-order valence-corrected chi connectivity index (χ3v) is 6.22. The lowest BCUT2D eigenvalue weighted by Crippen LogP contribution is -2.25. The van der Waals surface area contributed by atoms with Crippen molar-refractivity contribution in [1.29, 1.82) is 5.26 Å². The van der Waals surface area contributed by atoms with E-state index in [-0.39, 0.29) is 5.56 Å². The largest absolute Gasteiger partial charge is 0.292 e. The van der Waals surface area contributed by atoms with Crippen LogP contribution in [0.5, 0.6) is 0 Å². The topological polar surface area (TPSA) is 58.7 Å². The Morgan fingerprint density at radius 2 is 2.20 bits per heavy atom. The van der Waals surface area contributed by atoms with Gasteiger partial charge in [-0.15, -0.1) is 11.3 Å². The molecule has 4 rings (SSSR count). The molecule has 126 valence electrons. The number of nitrogens with zero attached hydrogens (tertiary/aromatic N) is 3. The summed E-state index contributed by atoms with van der Waals surface area (Å²) < 4.78 is 1.71. The number of hydrogen-bond donors (Lipinski definition) is 0. The highest BCUT2D eigenvalue weighted by Crippen LogP contribution is 2.35. The van der Waals surface area contributed by atoms with Crippen LogP contribution in [-0.4, -0.2) is 9.55 Å². The molecular formula is C20H19N3OS. The number of fused-ring (bicyclic) bond motifs is 3. The van der Waals surface area contributed by atoms with E-state index in [1.807, 2.05) is 25.1 Å². The minimum atomic E-state index is 0.0299. The smallest absolute Gasteiger partial charge is 0.262 e. The van der Waals surface area contributed by atoms with Gasteiger partial charge in [0.15, 0.2) is 0 Å². The molecule has 0 spiro atoms. The van der Waals surface area contributed by atoms with Crippen LogP contribution in [0.4, 0.5) is 0 Å². The Bertz CT molecular complexity index is 1070. The monoisotopic (exact) mass is 349 g/mol. The van der Waals surface area contributed by atoms with Crippen LogP contribution in [0.25, 0.3) is 10.2 Å². The second-order valence-corrected chi connectivity index (χ2v) is 7.93. The Morgan fingerprint density at radius 3 is 3.00 bits per heavy atom. The molecule has 2 aromatic heterocycles. The molecule has 3 aromatic rings. The molecule has 2 heterocycles. The molecular weight excluding hydrogens is 330 g/mol. The zero-order chi connectivity index (χ0) is 17.6. The van der Waals surface area contributed by atoms with Crippen molar-refractivity contribution >= 4 is 21.6 Å². The Hall–Kier alpha value is -2.45. The Kier molecular flexibility index (Phi) is 3.93. The number of hydrogen-bond acceptors (Lipinski definition) is 4. The lowest BCUT2D eigenvalue weighted by Gasteiger charge is -2.17. The molecule has 0 aliphatic heterocycles. The lowest BCUT2D eigenvalue weighted by molar-refractivity contribution is 0.509. The van der Waals surface area contributed by atoms with Crippen molar-refractivity contribution in [3.05, 3.63) is 62.0 Å². The highest BCUT2D eigenvalue weighted by molar-refractivity contribution is 7.18. The molecule has 1 atom stereocenters. The second kappa shape index (κ2) is 6.12. The molecule has 0 amide bonds. The van der Waals surface area contributed by atoms with Crippen molar-refractivity contribution in [3.8, 4) is 6.07 Å². The predicted octanol–water partition coefficient (Wildman–Crippen LogP) is 3.81. The normalized spacial score (nSPS) is 16.6. The first kappa shape index (κ1) is 16.0. The molecule has 1 aromatic carbocycles. The van der Waals surface area contributed by atoms with Crippen LogP contribution >= 0.6 is 11.3 Å². The fraction of sp³-hybridized carbons (Fsp3) is 0.350. The Balaban J connectivity index is 1.88. The SMILES string of the molecule is Cc1nc2sc3c(c2c(=O)n1Cc1ccccc1C#N)CCC(C)C3. The van der Waals surface area contributed by atoms with Crippen molar-refractivity contribution in [2.45, 2.75) is 39.7 Å². The molecule has 0 saturated heterocycles. The molecule has 25 heavy (non-hydrogen) atoms. The summed E-state index contributed by atoms with van der Waals surface area (Å²) in [6, 6.07) is 9.64. The van der Waals surface area contributed by atoms with E-state index in [0.29, 0.717) is 23.9 Å². The van der Waals surface area contributed by atoms with Gasteiger partial charge in [-0.25, -0.2) is 4.98 Å². The van der Waals surface area contributed by atoms with Crippen molar-refractivity contribution in [2.24, 2.45) is 5.92 Å². The van der Waals surface area contributed by atoms with Gasteiger partial charge < -0.3 is 0 Å². The number of aromatic nitrogens is 2. The van der Waals surface area contributed by atoms with Gasteiger partial charge >= 0.3 is 0 Å². The van der Waals surface area contributed by atoms with Crippen LogP contribution < -0.4 is 5.56 Å². The molecule has 0 radical (unpaired) electrons. The van der Waals surface area contributed by atoms with Crippen LogP contribution in [0, 0.1) is 24.2 Å². The van der Waals surface area contributed by atoms with Crippen LogP contribution in [-0.2, 0) is 19.4 Å².